The SMILES string of the molecule is CC1CCN(S(=O)(=O)c2ccc(N=Nc3cc(Br)cc(Cl)c3O)cc2)CC1. The standard InChI is InChI=1S/C18H19BrClN3O3S/c1-12-6-8-23(9-7-12)27(25,26)15-4-2-14(3-5-15)21-22-17-11-13(19)10-16(20)18(17)24/h2-5,10-12,24H,6-9H2,1H3. The largest absolute Gasteiger partial charge is 0.504 e. The molecule has 0 amide bonds. The van der Waals surface area contributed by atoms with E-state index in [1.54, 1.807) is 24.3 Å². The zero-order chi connectivity index (χ0) is 19.6. The predicted molar refractivity (Wildman–Crippen MR) is 109 cm³/mol. The van der Waals surface area contributed by atoms with Gasteiger partial charge in [0.25, 0.3) is 0 Å². The molecule has 144 valence electrons. The van der Waals surface area contributed by atoms with Gasteiger partial charge in [0.1, 0.15) is 5.69 Å². The summed E-state index contributed by atoms with van der Waals surface area (Å²) in [6.45, 7) is 3.24. The lowest BCUT2D eigenvalue weighted by Crippen LogP contribution is -2.37. The molecular weight excluding hydrogens is 454 g/mol. The molecular formula is C18H19BrClN3O3S. The van der Waals surface area contributed by atoms with Crippen LogP contribution in [0.5, 0.6) is 5.75 Å². The Kier molecular flexibility index (Phi) is 6.20. The van der Waals surface area contributed by atoms with Crippen LogP contribution in [0.15, 0.2) is 56.0 Å². The van der Waals surface area contributed by atoms with E-state index >= 15 is 0 Å². The van der Waals surface area contributed by atoms with E-state index in [0.29, 0.717) is 29.2 Å². The summed E-state index contributed by atoms with van der Waals surface area (Å²) in [4.78, 5) is 0.240. The number of piperidine rings is 1. The highest BCUT2D eigenvalue weighted by Crippen LogP contribution is 2.38. The summed E-state index contributed by atoms with van der Waals surface area (Å²) in [6, 6.07) is 9.35. The Morgan fingerprint density at radius 3 is 2.41 bits per heavy atom. The fourth-order valence-electron chi connectivity index (χ4n) is 2.80. The number of benzene rings is 2. The van der Waals surface area contributed by atoms with Crippen molar-refractivity contribution in [2.24, 2.45) is 16.1 Å². The highest BCUT2D eigenvalue weighted by Gasteiger charge is 2.27. The summed E-state index contributed by atoms with van der Waals surface area (Å²) in [5.74, 6) is 0.393. The number of rotatable bonds is 4. The van der Waals surface area contributed by atoms with Gasteiger partial charge in [0.05, 0.1) is 15.6 Å². The number of phenols is 1. The summed E-state index contributed by atoms with van der Waals surface area (Å²) < 4.78 is 27.6. The number of sulfonamides is 1. The second-order valence-electron chi connectivity index (χ2n) is 6.54. The maximum absolute atomic E-state index is 12.7. The molecule has 0 spiro atoms. The van der Waals surface area contributed by atoms with E-state index in [-0.39, 0.29) is 21.4 Å². The van der Waals surface area contributed by atoms with E-state index < -0.39 is 10.0 Å². The fraction of sp³-hybridized carbons (Fsp3) is 0.333. The van der Waals surface area contributed by atoms with Gasteiger partial charge in [-0.1, -0.05) is 34.5 Å². The van der Waals surface area contributed by atoms with Crippen LogP contribution in [0.25, 0.3) is 0 Å². The van der Waals surface area contributed by atoms with Crippen molar-refractivity contribution in [3.05, 3.63) is 45.9 Å². The molecule has 1 heterocycles. The van der Waals surface area contributed by atoms with Crippen LogP contribution in [0.1, 0.15) is 19.8 Å². The smallest absolute Gasteiger partial charge is 0.243 e. The summed E-state index contributed by atoms with van der Waals surface area (Å²) in [5, 5.41) is 18.1. The molecule has 0 atom stereocenters. The monoisotopic (exact) mass is 471 g/mol. The Morgan fingerprint density at radius 1 is 1.15 bits per heavy atom. The molecule has 0 aliphatic carbocycles. The van der Waals surface area contributed by atoms with E-state index in [9.17, 15) is 13.5 Å². The van der Waals surface area contributed by atoms with Gasteiger partial charge in [0, 0.05) is 17.6 Å². The van der Waals surface area contributed by atoms with Crippen molar-refractivity contribution in [1.82, 2.24) is 4.31 Å². The Morgan fingerprint density at radius 2 is 1.78 bits per heavy atom. The molecule has 9 heteroatoms. The minimum Gasteiger partial charge on any atom is -0.504 e. The first-order chi connectivity index (χ1) is 12.8. The van der Waals surface area contributed by atoms with Crippen LogP contribution in [-0.4, -0.2) is 30.9 Å². The predicted octanol–water partition coefficient (Wildman–Crippen LogP) is 5.64. The zero-order valence-corrected chi connectivity index (χ0v) is 17.8. The molecule has 0 bridgehead atoms. The van der Waals surface area contributed by atoms with E-state index in [1.807, 2.05) is 0 Å². The lowest BCUT2D eigenvalue weighted by atomic mass is 10.0. The molecule has 0 saturated carbocycles. The summed E-state index contributed by atoms with van der Waals surface area (Å²) >= 11 is 9.18. The van der Waals surface area contributed by atoms with Crippen LogP contribution in [0.4, 0.5) is 11.4 Å². The van der Waals surface area contributed by atoms with Gasteiger partial charge in [-0.15, -0.1) is 5.11 Å². The first-order valence-corrected chi connectivity index (χ1v) is 11.1. The molecule has 1 aliphatic rings. The number of azo groups is 1. The third kappa shape index (κ3) is 4.68. The molecule has 1 fully saturated rings. The van der Waals surface area contributed by atoms with Crippen molar-refractivity contribution in [3.8, 4) is 5.75 Å². The van der Waals surface area contributed by atoms with Gasteiger partial charge in [0.15, 0.2) is 5.75 Å². The Labute approximate surface area is 172 Å². The average Bonchev–Trinajstić information content (AvgIpc) is 2.64. The van der Waals surface area contributed by atoms with Crippen molar-refractivity contribution >= 4 is 48.9 Å². The van der Waals surface area contributed by atoms with Crippen LogP contribution in [0.3, 0.4) is 0 Å². The van der Waals surface area contributed by atoms with Gasteiger partial charge in [-0.05, 0) is 55.2 Å². The first kappa shape index (κ1) is 20.3. The fourth-order valence-corrected chi connectivity index (χ4v) is 5.06. The zero-order valence-electron chi connectivity index (χ0n) is 14.6. The van der Waals surface area contributed by atoms with Gasteiger partial charge in [-0.3, -0.25) is 0 Å². The maximum atomic E-state index is 12.7. The third-order valence-electron chi connectivity index (χ3n) is 4.50. The molecule has 6 nitrogen and oxygen atoms in total. The van der Waals surface area contributed by atoms with Crippen molar-refractivity contribution in [2.75, 3.05) is 13.1 Å². The number of aromatic hydroxyl groups is 1. The van der Waals surface area contributed by atoms with E-state index in [2.05, 4.69) is 33.1 Å². The van der Waals surface area contributed by atoms with Crippen LogP contribution in [-0.2, 0) is 10.0 Å². The molecule has 1 N–H and O–H groups in total. The van der Waals surface area contributed by atoms with Gasteiger partial charge >= 0.3 is 0 Å². The number of halogens is 2. The van der Waals surface area contributed by atoms with Gasteiger partial charge in [0.2, 0.25) is 10.0 Å². The Balaban J connectivity index is 1.78. The second-order valence-corrected chi connectivity index (χ2v) is 9.80. The van der Waals surface area contributed by atoms with Gasteiger partial charge in [-0.25, -0.2) is 8.42 Å². The van der Waals surface area contributed by atoms with Crippen molar-refractivity contribution in [1.29, 1.82) is 0 Å². The molecule has 0 aromatic heterocycles. The quantitative estimate of drug-likeness (QED) is 0.584. The van der Waals surface area contributed by atoms with Crippen LogP contribution >= 0.6 is 27.5 Å². The molecule has 2 aromatic rings. The normalized spacial score (nSPS) is 16.9. The molecule has 1 aliphatic heterocycles. The Bertz CT molecular complexity index is 957. The van der Waals surface area contributed by atoms with E-state index in [4.69, 9.17) is 11.6 Å². The van der Waals surface area contributed by atoms with E-state index in [0.717, 1.165) is 12.8 Å². The van der Waals surface area contributed by atoms with E-state index in [1.165, 1.54) is 16.4 Å². The van der Waals surface area contributed by atoms with Crippen LogP contribution < -0.4 is 0 Å². The highest BCUT2D eigenvalue weighted by molar-refractivity contribution is 9.10. The van der Waals surface area contributed by atoms with Crippen molar-refractivity contribution in [2.45, 2.75) is 24.7 Å². The number of hydrogen-bond donors (Lipinski definition) is 1. The lowest BCUT2D eigenvalue weighted by molar-refractivity contribution is 0.288. The molecule has 2 aromatic carbocycles. The average molecular weight is 473 g/mol. The third-order valence-corrected chi connectivity index (χ3v) is 7.16. The minimum atomic E-state index is -3.49. The molecule has 1 saturated heterocycles. The van der Waals surface area contributed by atoms with Gasteiger partial charge in [-0.2, -0.15) is 9.42 Å². The summed E-state index contributed by atoms with van der Waals surface area (Å²) in [6.07, 6.45) is 1.76. The molecule has 3 rings (SSSR count). The highest BCUT2D eigenvalue weighted by atomic mass is 79.9. The molecule has 0 radical (unpaired) electrons. The number of nitrogens with zero attached hydrogens (tertiary/aromatic N) is 3. The summed E-state index contributed by atoms with van der Waals surface area (Å²) in [7, 11) is -3.49. The molecule has 27 heavy (non-hydrogen) atoms. The number of hydrogen-bond acceptors (Lipinski definition) is 5. The lowest BCUT2D eigenvalue weighted by Gasteiger charge is -2.29. The van der Waals surface area contributed by atoms with Crippen molar-refractivity contribution in [3.63, 3.8) is 0 Å². The molecule has 0 unspecified atom stereocenters. The minimum absolute atomic E-state index is 0.163. The maximum Gasteiger partial charge on any atom is 0.243 e. The Hall–Kier alpha value is -1.48. The second kappa shape index (κ2) is 8.26. The topological polar surface area (TPSA) is 82.3 Å². The van der Waals surface area contributed by atoms with Crippen LogP contribution in [0.2, 0.25) is 5.02 Å². The number of phenolic OH excluding ortho intramolecular Hbond substituents is 1. The van der Waals surface area contributed by atoms with Crippen molar-refractivity contribution < 1.29 is 13.5 Å². The van der Waals surface area contributed by atoms with Crippen LogP contribution in [0, 0.1) is 5.92 Å². The summed E-state index contributed by atoms with van der Waals surface area (Å²) in [5.41, 5.74) is 0.685. The van der Waals surface area contributed by atoms with Gasteiger partial charge < -0.3 is 5.11 Å². The first-order valence-electron chi connectivity index (χ1n) is 8.47.